The molecule has 1 rings (SSSR count). The van der Waals surface area contributed by atoms with Gasteiger partial charge in [0.15, 0.2) is 0 Å². The van der Waals surface area contributed by atoms with Crippen LogP contribution in [0.5, 0.6) is 0 Å². The highest BCUT2D eigenvalue weighted by atomic mass is 16.3. The summed E-state index contributed by atoms with van der Waals surface area (Å²) in [6.45, 7) is 7.56. The third-order valence-electron chi connectivity index (χ3n) is 3.15. The van der Waals surface area contributed by atoms with Crippen LogP contribution in [0.15, 0.2) is 18.2 Å². The van der Waals surface area contributed by atoms with Crippen LogP contribution < -0.4 is 0 Å². The van der Waals surface area contributed by atoms with Gasteiger partial charge in [-0.3, -0.25) is 0 Å². The van der Waals surface area contributed by atoms with E-state index in [0.29, 0.717) is 6.42 Å². The number of benzene rings is 1. The Morgan fingerprint density at radius 2 is 1.87 bits per heavy atom. The summed E-state index contributed by atoms with van der Waals surface area (Å²) < 4.78 is 0. The summed E-state index contributed by atoms with van der Waals surface area (Å²) in [5, 5.41) is 20.0. The van der Waals surface area contributed by atoms with Gasteiger partial charge in [0, 0.05) is 0 Å². The van der Waals surface area contributed by atoms with Gasteiger partial charge < -0.3 is 10.2 Å². The van der Waals surface area contributed by atoms with Gasteiger partial charge in [-0.15, -0.1) is 0 Å². The quantitative estimate of drug-likeness (QED) is 0.801. The average molecular weight is 208 g/mol. The van der Waals surface area contributed by atoms with E-state index in [1.165, 1.54) is 5.56 Å². The summed E-state index contributed by atoms with van der Waals surface area (Å²) >= 11 is 0. The lowest BCUT2D eigenvalue weighted by Crippen LogP contribution is -2.31. The summed E-state index contributed by atoms with van der Waals surface area (Å²) in [5.74, 6) is 0. The van der Waals surface area contributed by atoms with Crippen molar-refractivity contribution in [1.29, 1.82) is 0 Å². The van der Waals surface area contributed by atoms with Gasteiger partial charge in [-0.05, 0) is 43.9 Å². The lowest BCUT2D eigenvalue weighted by molar-refractivity contribution is -0.0658. The molecule has 0 bridgehead atoms. The number of rotatable bonds is 3. The Labute approximate surface area is 91.6 Å². The average Bonchev–Trinajstić information content (AvgIpc) is 2.21. The van der Waals surface area contributed by atoms with Crippen molar-refractivity contribution >= 4 is 0 Å². The van der Waals surface area contributed by atoms with Crippen molar-refractivity contribution in [1.82, 2.24) is 0 Å². The molecule has 0 heterocycles. The molecule has 84 valence electrons. The van der Waals surface area contributed by atoms with E-state index >= 15 is 0 Å². The molecule has 0 fully saturated rings. The maximum atomic E-state index is 10.0. The van der Waals surface area contributed by atoms with E-state index in [2.05, 4.69) is 0 Å². The Morgan fingerprint density at radius 3 is 2.33 bits per heavy atom. The van der Waals surface area contributed by atoms with Crippen molar-refractivity contribution in [2.75, 3.05) is 0 Å². The molecule has 1 aromatic carbocycles. The normalized spacial score (nSPS) is 17.2. The van der Waals surface area contributed by atoms with Gasteiger partial charge in [0.2, 0.25) is 0 Å². The molecule has 2 atom stereocenters. The summed E-state index contributed by atoms with van der Waals surface area (Å²) in [6.07, 6.45) is -0.289. The van der Waals surface area contributed by atoms with Crippen molar-refractivity contribution in [3.05, 3.63) is 34.9 Å². The largest absolute Gasteiger partial charge is 0.387 e. The van der Waals surface area contributed by atoms with Crippen molar-refractivity contribution in [2.45, 2.75) is 45.8 Å². The highest BCUT2D eigenvalue weighted by Crippen LogP contribution is 2.29. The molecule has 0 aliphatic carbocycles. The minimum absolute atomic E-state index is 0.529. The molecule has 0 aromatic heterocycles. The molecule has 0 radical (unpaired) electrons. The van der Waals surface area contributed by atoms with Gasteiger partial charge in [-0.1, -0.05) is 25.1 Å². The maximum absolute atomic E-state index is 10.0. The van der Waals surface area contributed by atoms with Crippen LogP contribution in [0.2, 0.25) is 0 Å². The van der Waals surface area contributed by atoms with Gasteiger partial charge in [0.1, 0.15) is 6.10 Å². The van der Waals surface area contributed by atoms with E-state index in [4.69, 9.17) is 0 Å². The van der Waals surface area contributed by atoms with Crippen LogP contribution in [-0.2, 0) is 0 Å². The summed E-state index contributed by atoms with van der Waals surface area (Å²) in [4.78, 5) is 0. The van der Waals surface area contributed by atoms with Crippen molar-refractivity contribution in [2.24, 2.45) is 0 Å². The van der Waals surface area contributed by atoms with Crippen LogP contribution in [0.1, 0.15) is 43.1 Å². The van der Waals surface area contributed by atoms with Gasteiger partial charge in [0.25, 0.3) is 0 Å². The third kappa shape index (κ3) is 2.58. The number of aliphatic hydroxyl groups excluding tert-OH is 1. The Kier molecular flexibility index (Phi) is 3.53. The molecule has 1 aromatic rings. The lowest BCUT2D eigenvalue weighted by atomic mass is 9.89. The predicted molar refractivity (Wildman–Crippen MR) is 61.8 cm³/mol. The zero-order chi connectivity index (χ0) is 11.6. The minimum Gasteiger partial charge on any atom is -0.387 e. The van der Waals surface area contributed by atoms with E-state index in [0.717, 1.165) is 11.1 Å². The summed E-state index contributed by atoms with van der Waals surface area (Å²) in [5.41, 5.74) is 2.06. The van der Waals surface area contributed by atoms with Crippen LogP contribution in [0.3, 0.4) is 0 Å². The van der Waals surface area contributed by atoms with Crippen LogP contribution in [0.4, 0.5) is 0 Å². The van der Waals surface area contributed by atoms with Gasteiger partial charge in [0.05, 0.1) is 5.60 Å². The topological polar surface area (TPSA) is 40.5 Å². The van der Waals surface area contributed by atoms with Crippen molar-refractivity contribution in [3.8, 4) is 0 Å². The van der Waals surface area contributed by atoms with Gasteiger partial charge in [-0.25, -0.2) is 0 Å². The Hall–Kier alpha value is -0.860. The molecular weight excluding hydrogens is 188 g/mol. The smallest absolute Gasteiger partial charge is 0.107 e. The molecular formula is C13H20O2. The monoisotopic (exact) mass is 208 g/mol. The summed E-state index contributed by atoms with van der Waals surface area (Å²) in [7, 11) is 0. The highest BCUT2D eigenvalue weighted by molar-refractivity contribution is 5.32. The van der Waals surface area contributed by atoms with Crippen LogP contribution in [0, 0.1) is 13.8 Å². The first-order chi connectivity index (χ1) is 6.88. The first-order valence-electron chi connectivity index (χ1n) is 5.36. The molecule has 2 unspecified atom stereocenters. The molecule has 0 saturated carbocycles. The van der Waals surface area contributed by atoms with Gasteiger partial charge in [-0.2, -0.15) is 0 Å². The number of aliphatic hydroxyl groups is 2. The first-order valence-corrected chi connectivity index (χ1v) is 5.36. The molecule has 0 aliphatic rings. The van der Waals surface area contributed by atoms with E-state index in [1.54, 1.807) is 6.92 Å². The standard InChI is InChI=1S/C13H20O2/c1-5-13(4,15)12(14)11-7-6-9(2)10(3)8-11/h6-8,12,14-15H,5H2,1-4H3. The van der Waals surface area contributed by atoms with E-state index in [9.17, 15) is 10.2 Å². The lowest BCUT2D eigenvalue weighted by Gasteiger charge is -2.28. The maximum Gasteiger partial charge on any atom is 0.107 e. The fourth-order valence-electron chi connectivity index (χ4n) is 1.49. The van der Waals surface area contributed by atoms with Crippen molar-refractivity contribution < 1.29 is 10.2 Å². The molecule has 0 spiro atoms. The van der Waals surface area contributed by atoms with E-state index in [1.807, 2.05) is 39.0 Å². The van der Waals surface area contributed by atoms with Crippen LogP contribution >= 0.6 is 0 Å². The van der Waals surface area contributed by atoms with Crippen LogP contribution in [0.25, 0.3) is 0 Å². The fraction of sp³-hybridized carbons (Fsp3) is 0.538. The first kappa shape index (κ1) is 12.2. The van der Waals surface area contributed by atoms with Crippen LogP contribution in [-0.4, -0.2) is 15.8 Å². The second-order valence-electron chi connectivity index (χ2n) is 4.46. The van der Waals surface area contributed by atoms with E-state index in [-0.39, 0.29) is 0 Å². The molecule has 0 saturated heterocycles. The second-order valence-corrected chi connectivity index (χ2v) is 4.46. The molecule has 15 heavy (non-hydrogen) atoms. The molecule has 0 aliphatic heterocycles. The van der Waals surface area contributed by atoms with Crippen molar-refractivity contribution in [3.63, 3.8) is 0 Å². The molecule has 0 amide bonds. The number of aryl methyl sites for hydroxylation is 2. The Bertz CT molecular complexity index is 342. The Balaban J connectivity index is 3.02. The zero-order valence-electron chi connectivity index (χ0n) is 9.91. The van der Waals surface area contributed by atoms with E-state index < -0.39 is 11.7 Å². The molecule has 2 nitrogen and oxygen atoms in total. The summed E-state index contributed by atoms with van der Waals surface area (Å²) in [6, 6.07) is 5.78. The zero-order valence-corrected chi connectivity index (χ0v) is 9.91. The minimum atomic E-state index is -1.05. The van der Waals surface area contributed by atoms with Gasteiger partial charge >= 0.3 is 0 Å². The Morgan fingerprint density at radius 1 is 1.27 bits per heavy atom. The molecule has 2 heteroatoms. The highest BCUT2D eigenvalue weighted by Gasteiger charge is 2.29. The third-order valence-corrected chi connectivity index (χ3v) is 3.15. The number of hydrogen-bond donors (Lipinski definition) is 2. The fourth-order valence-corrected chi connectivity index (χ4v) is 1.49. The predicted octanol–water partition coefficient (Wildman–Crippen LogP) is 2.50. The number of hydrogen-bond acceptors (Lipinski definition) is 2. The molecule has 2 N–H and O–H groups in total. The SMILES string of the molecule is CCC(C)(O)C(O)c1ccc(C)c(C)c1. The second kappa shape index (κ2) is 4.33.